The number of nitrogens with zero attached hydrogens (tertiary/aromatic N) is 4. The predicted octanol–water partition coefficient (Wildman–Crippen LogP) is 11.0. The number of likely N-dealkylation sites (tertiary alicyclic amines) is 1. The van der Waals surface area contributed by atoms with Crippen LogP contribution in [0.5, 0.6) is 11.5 Å². The molecule has 6 nitrogen and oxygen atoms in total. The predicted molar refractivity (Wildman–Crippen MR) is 193 cm³/mol. The van der Waals surface area contributed by atoms with E-state index in [-0.39, 0.29) is 0 Å². The van der Waals surface area contributed by atoms with E-state index in [1.807, 2.05) is 0 Å². The second-order valence-corrected chi connectivity index (χ2v) is 14.9. The van der Waals surface area contributed by atoms with Crippen LogP contribution >= 0.6 is 0 Å². The van der Waals surface area contributed by atoms with Crippen LogP contribution in [0.15, 0.2) is 59.2 Å². The summed E-state index contributed by atoms with van der Waals surface area (Å²) in [6.07, 6.45) is 21.8. The maximum atomic E-state index is 8.41. The number of azide groups is 1. The van der Waals surface area contributed by atoms with E-state index in [1.54, 1.807) is 5.57 Å². The van der Waals surface area contributed by atoms with Crippen molar-refractivity contribution < 1.29 is 9.47 Å². The minimum absolute atomic E-state index is 0.592. The van der Waals surface area contributed by atoms with E-state index in [2.05, 4.69) is 63.5 Å². The lowest BCUT2D eigenvalue weighted by molar-refractivity contribution is 0.0705. The first-order valence-electron chi connectivity index (χ1n) is 19.2. The molecule has 2 aromatic rings. The average molecular weight is 639 g/mol. The van der Waals surface area contributed by atoms with Crippen LogP contribution < -0.4 is 9.47 Å². The van der Waals surface area contributed by atoms with Gasteiger partial charge in [0, 0.05) is 11.5 Å². The molecule has 2 aromatic carbocycles. The zero-order valence-electron chi connectivity index (χ0n) is 28.8. The fourth-order valence-corrected chi connectivity index (χ4v) is 9.25. The van der Waals surface area contributed by atoms with E-state index in [9.17, 15) is 0 Å². The van der Waals surface area contributed by atoms with Crippen LogP contribution in [-0.4, -0.2) is 44.3 Å². The Morgan fingerprint density at radius 1 is 0.638 bits per heavy atom. The van der Waals surface area contributed by atoms with Crippen molar-refractivity contribution in [1.82, 2.24) is 4.90 Å². The van der Waals surface area contributed by atoms with Crippen molar-refractivity contribution in [2.24, 2.45) is 28.8 Å². The molecular weight excluding hydrogens is 580 g/mol. The number of hydrogen-bond donors (Lipinski definition) is 0. The average Bonchev–Trinajstić information content (AvgIpc) is 3.37. The standard InChI is InChI=1S/C41H58N4O2/c42-44-43-21-7-1-5-11-25-46-38-17-13-34(14-18-38)40(41-36-28-32-27-33(30-36)31-37(41)29-32)35-15-19-39(20-16-35)47-26-12-6-4-10-24-45-22-8-2-3-9-23-45/h13-20,32-33,36-37H,1-12,21-31H2. The first kappa shape index (κ1) is 33.9. The Morgan fingerprint density at radius 2 is 1.15 bits per heavy atom. The first-order chi connectivity index (χ1) is 23.3. The van der Waals surface area contributed by atoms with Crippen molar-refractivity contribution >= 4 is 5.57 Å². The summed E-state index contributed by atoms with van der Waals surface area (Å²) in [6.45, 7) is 6.02. The van der Waals surface area contributed by atoms with Crippen molar-refractivity contribution in [1.29, 1.82) is 0 Å². The highest BCUT2D eigenvalue weighted by atomic mass is 16.5. The topological polar surface area (TPSA) is 70.5 Å². The van der Waals surface area contributed by atoms with Crippen LogP contribution in [0.1, 0.15) is 120 Å². The summed E-state index contributed by atoms with van der Waals surface area (Å²) >= 11 is 0. The van der Waals surface area contributed by atoms with Crippen molar-refractivity contribution in [3.63, 3.8) is 0 Å². The molecule has 0 unspecified atom stereocenters. The number of ether oxygens (including phenoxy) is 2. The zero-order valence-corrected chi connectivity index (χ0v) is 28.8. The lowest BCUT2D eigenvalue weighted by atomic mass is 9.53. The molecule has 1 saturated heterocycles. The smallest absolute Gasteiger partial charge is 0.119 e. The minimum atomic E-state index is 0.592. The monoisotopic (exact) mass is 638 g/mol. The van der Waals surface area contributed by atoms with Gasteiger partial charge in [0.2, 0.25) is 0 Å². The van der Waals surface area contributed by atoms with Gasteiger partial charge < -0.3 is 14.4 Å². The molecule has 0 N–H and O–H groups in total. The third kappa shape index (κ3) is 9.80. The minimum Gasteiger partial charge on any atom is -0.494 e. The Bertz CT molecular complexity index is 1280. The molecule has 7 rings (SSSR count). The summed E-state index contributed by atoms with van der Waals surface area (Å²) in [5.41, 5.74) is 14.3. The Morgan fingerprint density at radius 3 is 1.68 bits per heavy atom. The van der Waals surface area contributed by atoms with Crippen LogP contribution in [0.3, 0.4) is 0 Å². The summed E-state index contributed by atoms with van der Waals surface area (Å²) < 4.78 is 12.3. The molecule has 47 heavy (non-hydrogen) atoms. The Kier molecular flexibility index (Phi) is 13.0. The first-order valence-corrected chi connectivity index (χ1v) is 19.2. The van der Waals surface area contributed by atoms with Gasteiger partial charge in [-0.1, -0.05) is 73.5 Å². The van der Waals surface area contributed by atoms with Gasteiger partial charge in [-0.3, -0.25) is 0 Å². The quantitative estimate of drug-likeness (QED) is 0.0706. The normalized spacial score (nSPS) is 23.7. The van der Waals surface area contributed by atoms with Crippen molar-refractivity contribution in [3.8, 4) is 11.5 Å². The molecule has 1 aliphatic heterocycles. The van der Waals surface area contributed by atoms with Crippen LogP contribution in [0.2, 0.25) is 0 Å². The number of benzene rings is 2. The maximum absolute atomic E-state index is 8.41. The zero-order chi connectivity index (χ0) is 32.1. The molecule has 0 radical (unpaired) electrons. The number of allylic oxidation sites excluding steroid dienone is 1. The molecule has 4 bridgehead atoms. The fourth-order valence-electron chi connectivity index (χ4n) is 9.25. The van der Waals surface area contributed by atoms with Crippen LogP contribution in [0, 0.1) is 23.7 Å². The van der Waals surface area contributed by atoms with Crippen LogP contribution in [0.25, 0.3) is 16.0 Å². The van der Waals surface area contributed by atoms with Gasteiger partial charge in [-0.2, -0.15) is 0 Å². The number of rotatable bonds is 18. The van der Waals surface area contributed by atoms with E-state index < -0.39 is 0 Å². The van der Waals surface area contributed by atoms with Gasteiger partial charge in [0.1, 0.15) is 11.5 Å². The summed E-state index contributed by atoms with van der Waals surface area (Å²) in [7, 11) is 0. The van der Waals surface area contributed by atoms with E-state index in [0.717, 1.165) is 80.5 Å². The molecule has 4 aliphatic carbocycles. The lowest BCUT2D eigenvalue weighted by Gasteiger charge is -2.52. The molecule has 0 spiro atoms. The molecule has 254 valence electrons. The molecule has 4 saturated carbocycles. The lowest BCUT2D eigenvalue weighted by Crippen LogP contribution is -2.40. The Hall–Kier alpha value is -2.95. The Balaban J connectivity index is 1.03. The van der Waals surface area contributed by atoms with Gasteiger partial charge in [-0.15, -0.1) is 0 Å². The number of unbranched alkanes of at least 4 members (excludes halogenated alkanes) is 6. The van der Waals surface area contributed by atoms with Crippen LogP contribution in [0.4, 0.5) is 0 Å². The van der Waals surface area contributed by atoms with E-state index in [0.29, 0.717) is 6.54 Å². The summed E-state index contributed by atoms with van der Waals surface area (Å²) in [6, 6.07) is 18.0. The van der Waals surface area contributed by atoms with Gasteiger partial charge in [-0.05, 0) is 160 Å². The van der Waals surface area contributed by atoms with Gasteiger partial charge in [0.25, 0.3) is 0 Å². The second-order valence-electron chi connectivity index (χ2n) is 14.9. The Labute approximate surface area is 283 Å². The fraction of sp³-hybridized carbons (Fsp3) is 0.659. The van der Waals surface area contributed by atoms with Crippen LogP contribution in [-0.2, 0) is 0 Å². The maximum Gasteiger partial charge on any atom is 0.119 e. The van der Waals surface area contributed by atoms with E-state index >= 15 is 0 Å². The van der Waals surface area contributed by atoms with E-state index in [1.165, 1.54) is 113 Å². The third-order valence-corrected chi connectivity index (χ3v) is 11.4. The summed E-state index contributed by atoms with van der Waals surface area (Å²) in [4.78, 5) is 5.51. The SMILES string of the molecule is [N-]=[N+]=NCCCCCCOc1ccc(C(=C2C3CC4CC(C3)CC2C4)c2ccc(OCCCCCCN3CCCCCC3)cc2)cc1. The second kappa shape index (κ2) is 18.0. The molecule has 5 aliphatic rings. The molecule has 6 heteroatoms. The van der Waals surface area contributed by atoms with Crippen molar-refractivity contribution in [2.45, 2.75) is 109 Å². The number of hydrogen-bond acceptors (Lipinski definition) is 4. The van der Waals surface area contributed by atoms with Crippen molar-refractivity contribution in [3.05, 3.63) is 75.7 Å². The van der Waals surface area contributed by atoms with Gasteiger partial charge in [0.15, 0.2) is 0 Å². The third-order valence-electron chi connectivity index (χ3n) is 11.4. The highest BCUT2D eigenvalue weighted by molar-refractivity contribution is 5.83. The molecule has 0 atom stereocenters. The largest absolute Gasteiger partial charge is 0.494 e. The molecule has 0 aromatic heterocycles. The summed E-state index contributed by atoms with van der Waals surface area (Å²) in [5, 5.41) is 3.62. The molecular formula is C41H58N4O2. The molecule has 0 amide bonds. The van der Waals surface area contributed by atoms with Gasteiger partial charge in [-0.25, -0.2) is 0 Å². The van der Waals surface area contributed by atoms with E-state index in [4.69, 9.17) is 15.0 Å². The van der Waals surface area contributed by atoms with Gasteiger partial charge in [0.05, 0.1) is 13.2 Å². The highest BCUT2D eigenvalue weighted by Gasteiger charge is 2.46. The summed E-state index contributed by atoms with van der Waals surface area (Å²) in [5.74, 6) is 5.32. The molecule has 1 heterocycles. The highest BCUT2D eigenvalue weighted by Crippen LogP contribution is 2.58. The van der Waals surface area contributed by atoms with Gasteiger partial charge >= 0.3 is 0 Å². The van der Waals surface area contributed by atoms with Crippen molar-refractivity contribution in [2.75, 3.05) is 39.4 Å². The molecule has 5 fully saturated rings.